The van der Waals surface area contributed by atoms with E-state index in [9.17, 15) is 0 Å². The van der Waals surface area contributed by atoms with Gasteiger partial charge < -0.3 is 18.9 Å². The van der Waals surface area contributed by atoms with E-state index < -0.39 is 0 Å². The molecule has 4 saturated heterocycles. The lowest BCUT2D eigenvalue weighted by Crippen LogP contribution is -2.85. The Morgan fingerprint density at radius 1 is 0.500 bits per heavy atom. The van der Waals surface area contributed by atoms with Gasteiger partial charge >= 0.3 is 0 Å². The minimum Gasteiger partial charge on any atom is -0.362 e. The Bertz CT molecular complexity index is 380. The summed E-state index contributed by atoms with van der Waals surface area (Å²) in [7, 11) is 7.14. The number of piperazine rings is 2. The molecule has 0 aromatic carbocycles. The van der Waals surface area contributed by atoms with Crippen molar-refractivity contribution in [1.29, 1.82) is 0 Å². The van der Waals surface area contributed by atoms with Crippen LogP contribution in [0.15, 0.2) is 0 Å². The van der Waals surface area contributed by atoms with Crippen molar-refractivity contribution in [3.8, 4) is 0 Å². The third kappa shape index (κ3) is 2.29. The average Bonchev–Trinajstić information content (AvgIpc) is 2.64. The van der Waals surface area contributed by atoms with Crippen LogP contribution in [0.1, 0.15) is 12.8 Å². The first-order chi connectivity index (χ1) is 11.8. The van der Waals surface area contributed by atoms with E-state index in [1.165, 1.54) is 0 Å². The van der Waals surface area contributed by atoms with Crippen LogP contribution in [-0.2, 0) is 18.9 Å². The van der Waals surface area contributed by atoms with Crippen LogP contribution >= 0.6 is 0 Å². The van der Waals surface area contributed by atoms with Gasteiger partial charge in [-0.25, -0.2) is 0 Å². The van der Waals surface area contributed by atoms with Crippen molar-refractivity contribution in [2.24, 2.45) is 0 Å². The molecule has 0 aromatic heterocycles. The maximum absolute atomic E-state index is 5.88. The van der Waals surface area contributed by atoms with Gasteiger partial charge in [0.2, 0.25) is 0 Å². The molecular weight excluding hydrogens is 312 g/mol. The molecule has 0 aromatic rings. The summed E-state index contributed by atoms with van der Waals surface area (Å²) in [6, 6.07) is 0. The predicted molar refractivity (Wildman–Crippen MR) is 86.8 cm³/mol. The average molecular weight is 342 g/mol. The van der Waals surface area contributed by atoms with E-state index in [-0.39, 0.29) is 37.2 Å². The predicted octanol–water partition coefficient (Wildman–Crippen LogP) is -0.429. The monoisotopic (exact) mass is 342 g/mol. The SMILES string of the molecule is CO[C@@H]1[C@H](OC)N2CCCN3C2C2N1CCCN2[C@@H](OC)[C@@H]3OC. The lowest BCUT2D eigenvalue weighted by atomic mass is 9.97. The fourth-order valence-electron chi connectivity index (χ4n) is 5.24. The standard InChI is InChI=1S/C16H30N4O4/c1-21-13-14(22-2)18-8-6-10-20-12(18)11-17(13)7-5-9-19(11)15(23-3)16(20)24-4/h11-16H,5-10H2,1-4H3/t11?,12?,13-,14-,15-,16+/m0/s1. The van der Waals surface area contributed by atoms with Crippen LogP contribution in [0, 0.1) is 0 Å². The number of hydrogen-bond acceptors (Lipinski definition) is 8. The number of ether oxygens (including phenoxy) is 4. The molecule has 0 bridgehead atoms. The van der Waals surface area contributed by atoms with Gasteiger partial charge in [-0.15, -0.1) is 0 Å². The molecule has 2 unspecified atom stereocenters. The Balaban J connectivity index is 1.77. The first-order valence-corrected chi connectivity index (χ1v) is 8.91. The van der Waals surface area contributed by atoms with E-state index in [0.29, 0.717) is 0 Å². The maximum Gasteiger partial charge on any atom is 0.151 e. The van der Waals surface area contributed by atoms with Crippen LogP contribution in [-0.4, -0.2) is 111 Å². The summed E-state index contributed by atoms with van der Waals surface area (Å²) in [4.78, 5) is 9.81. The van der Waals surface area contributed by atoms with Crippen molar-refractivity contribution in [2.75, 3.05) is 54.6 Å². The molecule has 0 amide bonds. The lowest BCUT2D eigenvalue weighted by molar-refractivity contribution is -0.360. The van der Waals surface area contributed by atoms with Crippen molar-refractivity contribution in [3.05, 3.63) is 0 Å². The molecule has 4 rings (SSSR count). The second-order valence-corrected chi connectivity index (χ2v) is 6.99. The molecule has 0 radical (unpaired) electrons. The van der Waals surface area contributed by atoms with Gasteiger partial charge in [0.1, 0.15) is 0 Å². The topological polar surface area (TPSA) is 49.9 Å². The molecule has 0 spiro atoms. The van der Waals surface area contributed by atoms with Crippen LogP contribution in [0.3, 0.4) is 0 Å². The number of hydrogen-bond donors (Lipinski definition) is 0. The molecule has 24 heavy (non-hydrogen) atoms. The minimum absolute atomic E-state index is 0.0596. The smallest absolute Gasteiger partial charge is 0.151 e. The zero-order chi connectivity index (χ0) is 16.8. The first-order valence-electron chi connectivity index (χ1n) is 8.91. The normalized spacial score (nSPS) is 44.5. The molecule has 8 nitrogen and oxygen atoms in total. The highest BCUT2D eigenvalue weighted by Crippen LogP contribution is 2.42. The van der Waals surface area contributed by atoms with Gasteiger partial charge in [-0.1, -0.05) is 0 Å². The Morgan fingerprint density at radius 3 is 0.958 bits per heavy atom. The van der Waals surface area contributed by atoms with E-state index in [0.717, 1.165) is 39.0 Å². The van der Waals surface area contributed by atoms with Crippen LogP contribution in [0.5, 0.6) is 0 Å². The lowest BCUT2D eigenvalue weighted by Gasteiger charge is -2.67. The van der Waals surface area contributed by atoms with E-state index >= 15 is 0 Å². The van der Waals surface area contributed by atoms with Crippen molar-refractivity contribution in [3.63, 3.8) is 0 Å². The summed E-state index contributed by atoms with van der Waals surface area (Å²) >= 11 is 0. The molecule has 138 valence electrons. The molecule has 4 fully saturated rings. The summed E-state index contributed by atoms with van der Waals surface area (Å²) in [6.07, 6.45) is 2.43. The first kappa shape index (κ1) is 17.1. The Morgan fingerprint density at radius 2 is 0.750 bits per heavy atom. The van der Waals surface area contributed by atoms with E-state index in [1.54, 1.807) is 28.4 Å². The summed E-state index contributed by atoms with van der Waals surface area (Å²) in [6.45, 7) is 4.08. The molecular formula is C16H30N4O4. The van der Waals surface area contributed by atoms with Crippen LogP contribution in [0.4, 0.5) is 0 Å². The molecule has 4 aliphatic rings. The minimum atomic E-state index is -0.0596. The van der Waals surface area contributed by atoms with Crippen molar-refractivity contribution >= 4 is 0 Å². The van der Waals surface area contributed by atoms with Gasteiger partial charge in [0.15, 0.2) is 24.9 Å². The molecule has 6 atom stereocenters. The molecule has 0 saturated carbocycles. The van der Waals surface area contributed by atoms with Gasteiger partial charge in [-0.05, 0) is 12.8 Å². The van der Waals surface area contributed by atoms with E-state index in [1.807, 2.05) is 0 Å². The quantitative estimate of drug-likeness (QED) is 0.682. The summed E-state index contributed by atoms with van der Waals surface area (Å²) < 4.78 is 23.5. The maximum atomic E-state index is 5.88. The highest BCUT2D eigenvalue weighted by molar-refractivity contribution is 5.05. The molecule has 0 aliphatic carbocycles. The fraction of sp³-hybridized carbons (Fsp3) is 1.00. The fourth-order valence-corrected chi connectivity index (χ4v) is 5.24. The van der Waals surface area contributed by atoms with Crippen molar-refractivity contribution in [1.82, 2.24) is 19.6 Å². The van der Waals surface area contributed by atoms with Crippen molar-refractivity contribution < 1.29 is 18.9 Å². The Labute approximate surface area is 144 Å². The van der Waals surface area contributed by atoms with E-state index in [4.69, 9.17) is 18.9 Å². The second kappa shape index (κ2) is 6.77. The van der Waals surface area contributed by atoms with Gasteiger partial charge in [-0.2, -0.15) is 0 Å². The van der Waals surface area contributed by atoms with Crippen LogP contribution in [0.2, 0.25) is 0 Å². The summed E-state index contributed by atoms with van der Waals surface area (Å²) in [5.41, 5.74) is 0. The summed E-state index contributed by atoms with van der Waals surface area (Å²) in [5.74, 6) is 0. The van der Waals surface area contributed by atoms with Gasteiger partial charge in [-0.3, -0.25) is 19.6 Å². The number of nitrogens with zero attached hydrogens (tertiary/aromatic N) is 4. The molecule has 0 N–H and O–H groups in total. The highest BCUT2D eigenvalue weighted by Gasteiger charge is 2.60. The molecule has 8 heteroatoms. The van der Waals surface area contributed by atoms with Gasteiger partial charge in [0.05, 0.1) is 12.3 Å². The molecule has 4 aliphatic heterocycles. The summed E-state index contributed by atoms with van der Waals surface area (Å²) in [5, 5.41) is 0. The van der Waals surface area contributed by atoms with Crippen LogP contribution < -0.4 is 0 Å². The highest BCUT2D eigenvalue weighted by atomic mass is 16.6. The van der Waals surface area contributed by atoms with Crippen molar-refractivity contribution in [2.45, 2.75) is 50.1 Å². The Hall–Kier alpha value is -0.320. The second-order valence-electron chi connectivity index (χ2n) is 6.99. The van der Waals surface area contributed by atoms with Gasteiger partial charge in [0, 0.05) is 54.6 Å². The van der Waals surface area contributed by atoms with Crippen LogP contribution in [0.25, 0.3) is 0 Å². The number of rotatable bonds is 4. The Kier molecular flexibility index (Phi) is 4.83. The third-order valence-corrected chi connectivity index (χ3v) is 6.05. The third-order valence-electron chi connectivity index (χ3n) is 6.05. The zero-order valence-electron chi connectivity index (χ0n) is 15.1. The van der Waals surface area contributed by atoms with E-state index in [2.05, 4.69) is 19.6 Å². The number of methoxy groups -OCH3 is 4. The van der Waals surface area contributed by atoms with Gasteiger partial charge in [0.25, 0.3) is 0 Å². The molecule has 4 heterocycles. The largest absolute Gasteiger partial charge is 0.362 e. The zero-order valence-corrected chi connectivity index (χ0v) is 15.1.